The molecule has 0 radical (unpaired) electrons. The lowest BCUT2D eigenvalue weighted by Gasteiger charge is -2.27. The number of aromatic nitrogens is 2. The molecule has 1 aliphatic heterocycles. The molecule has 0 saturated heterocycles. The van der Waals surface area contributed by atoms with Gasteiger partial charge in [0.05, 0.1) is 34.5 Å². The van der Waals surface area contributed by atoms with Gasteiger partial charge in [-0.1, -0.05) is 0 Å². The van der Waals surface area contributed by atoms with Crippen LogP contribution in [0.1, 0.15) is 39.0 Å². The number of nitrogens with one attached hydrogen (secondary N) is 1. The Labute approximate surface area is 162 Å². The number of carbonyl (C=O) groups excluding carboxylic acids is 2. The molecule has 9 nitrogen and oxygen atoms in total. The molecule has 0 unspecified atom stereocenters. The number of carbonyl (C=O) groups is 2. The molecule has 0 bridgehead atoms. The Morgan fingerprint density at radius 3 is 2.39 bits per heavy atom. The van der Waals surface area contributed by atoms with Crippen molar-refractivity contribution in [2.24, 2.45) is 0 Å². The van der Waals surface area contributed by atoms with Crippen molar-refractivity contribution >= 4 is 11.9 Å². The second-order valence-corrected chi connectivity index (χ2v) is 6.14. The second kappa shape index (κ2) is 8.20. The van der Waals surface area contributed by atoms with Gasteiger partial charge in [-0.25, -0.2) is 4.79 Å². The Balaban J connectivity index is 1.89. The van der Waals surface area contributed by atoms with Crippen molar-refractivity contribution < 1.29 is 28.5 Å². The number of ether oxygens (including phenoxy) is 4. The Hall–Kier alpha value is -3.23. The zero-order valence-corrected chi connectivity index (χ0v) is 16.3. The van der Waals surface area contributed by atoms with Gasteiger partial charge in [0.1, 0.15) is 0 Å². The fraction of sp³-hybridized carbons (Fsp3) is 0.421. The first kappa shape index (κ1) is 19.5. The van der Waals surface area contributed by atoms with Gasteiger partial charge in [-0.15, -0.1) is 0 Å². The number of hydrogen-bond donors (Lipinski definition) is 1. The molecule has 3 rings (SSSR count). The maximum Gasteiger partial charge on any atom is 0.359 e. The van der Waals surface area contributed by atoms with Crippen molar-refractivity contribution in [1.29, 1.82) is 0 Å². The number of benzene rings is 1. The first-order valence-electron chi connectivity index (χ1n) is 8.86. The number of aromatic amines is 1. The van der Waals surface area contributed by atoms with E-state index in [9.17, 15) is 9.59 Å². The van der Waals surface area contributed by atoms with E-state index >= 15 is 0 Å². The second-order valence-electron chi connectivity index (χ2n) is 6.14. The minimum atomic E-state index is -0.498. The van der Waals surface area contributed by atoms with Crippen LogP contribution in [0, 0.1) is 0 Å². The number of H-pyrrole nitrogens is 1. The van der Waals surface area contributed by atoms with E-state index in [4.69, 9.17) is 18.9 Å². The lowest BCUT2D eigenvalue weighted by atomic mass is 10.0. The quantitative estimate of drug-likeness (QED) is 0.752. The summed E-state index contributed by atoms with van der Waals surface area (Å²) in [6.07, 6.45) is 0.567. The van der Waals surface area contributed by atoms with Crippen LogP contribution in [0.3, 0.4) is 0 Å². The molecule has 0 aliphatic carbocycles. The van der Waals surface area contributed by atoms with Crippen LogP contribution in [0.15, 0.2) is 12.1 Å². The molecule has 1 N–H and O–H groups in total. The topological polar surface area (TPSA) is 103 Å². The van der Waals surface area contributed by atoms with Crippen LogP contribution in [0.4, 0.5) is 0 Å². The standard InChI is InChI=1S/C19H23N3O6/c1-5-28-19(24)16-12-10-22(7-6-13(12)20-21-16)18(23)11-8-14(25-2)17(27-4)15(9-11)26-3/h8-9H,5-7,10H2,1-4H3,(H,20,21). The summed E-state index contributed by atoms with van der Waals surface area (Å²) in [5, 5.41) is 6.94. The van der Waals surface area contributed by atoms with Gasteiger partial charge in [-0.3, -0.25) is 9.89 Å². The van der Waals surface area contributed by atoms with Crippen LogP contribution in [-0.2, 0) is 17.7 Å². The Bertz CT molecular complexity index is 867. The van der Waals surface area contributed by atoms with E-state index in [0.717, 1.165) is 5.69 Å². The largest absolute Gasteiger partial charge is 0.493 e. The molecule has 1 aliphatic rings. The molecule has 1 aromatic carbocycles. The molecule has 2 heterocycles. The highest BCUT2D eigenvalue weighted by atomic mass is 16.5. The van der Waals surface area contributed by atoms with Gasteiger partial charge < -0.3 is 23.8 Å². The summed E-state index contributed by atoms with van der Waals surface area (Å²) in [5.41, 5.74) is 2.15. The van der Waals surface area contributed by atoms with Crippen molar-refractivity contribution in [2.45, 2.75) is 19.9 Å². The lowest BCUT2D eigenvalue weighted by molar-refractivity contribution is 0.0513. The number of fused-ring (bicyclic) bond motifs is 1. The SMILES string of the molecule is CCOC(=O)c1n[nH]c2c1CN(C(=O)c1cc(OC)c(OC)c(OC)c1)CC2. The first-order chi connectivity index (χ1) is 13.5. The van der Waals surface area contributed by atoms with E-state index in [1.807, 2.05) is 0 Å². The highest BCUT2D eigenvalue weighted by molar-refractivity contribution is 5.96. The number of hydrogen-bond acceptors (Lipinski definition) is 7. The van der Waals surface area contributed by atoms with Crippen LogP contribution in [0.5, 0.6) is 17.2 Å². The third-order valence-corrected chi connectivity index (χ3v) is 4.60. The van der Waals surface area contributed by atoms with E-state index in [2.05, 4.69) is 10.2 Å². The molecule has 150 valence electrons. The fourth-order valence-electron chi connectivity index (χ4n) is 3.22. The Morgan fingerprint density at radius 2 is 1.82 bits per heavy atom. The van der Waals surface area contributed by atoms with Crippen LogP contribution in [-0.4, -0.2) is 61.5 Å². The van der Waals surface area contributed by atoms with Gasteiger partial charge in [0.15, 0.2) is 17.2 Å². The van der Waals surface area contributed by atoms with E-state index < -0.39 is 5.97 Å². The molecule has 1 aromatic heterocycles. The molecule has 0 atom stereocenters. The molecular formula is C19H23N3O6. The number of nitrogens with zero attached hydrogens (tertiary/aromatic N) is 2. The highest BCUT2D eigenvalue weighted by Crippen LogP contribution is 2.38. The fourth-order valence-corrected chi connectivity index (χ4v) is 3.22. The summed E-state index contributed by atoms with van der Waals surface area (Å²) in [6.45, 7) is 2.74. The maximum absolute atomic E-state index is 13.1. The monoisotopic (exact) mass is 389 g/mol. The molecular weight excluding hydrogens is 366 g/mol. The van der Waals surface area contributed by atoms with E-state index in [1.54, 1.807) is 24.0 Å². The predicted octanol–water partition coefficient (Wildman–Crippen LogP) is 1.81. The summed E-state index contributed by atoms with van der Waals surface area (Å²) < 4.78 is 21.0. The number of rotatable bonds is 6. The normalized spacial score (nSPS) is 12.9. The van der Waals surface area contributed by atoms with Crippen LogP contribution in [0.2, 0.25) is 0 Å². The highest BCUT2D eigenvalue weighted by Gasteiger charge is 2.29. The Kier molecular flexibility index (Phi) is 5.72. The summed E-state index contributed by atoms with van der Waals surface area (Å²) in [7, 11) is 4.50. The average molecular weight is 389 g/mol. The summed E-state index contributed by atoms with van der Waals surface area (Å²) in [6, 6.07) is 3.22. The minimum Gasteiger partial charge on any atom is -0.493 e. The third-order valence-electron chi connectivity index (χ3n) is 4.60. The summed E-state index contributed by atoms with van der Waals surface area (Å²) >= 11 is 0. The van der Waals surface area contributed by atoms with Crippen LogP contribution < -0.4 is 14.2 Å². The molecule has 1 amide bonds. The molecule has 9 heteroatoms. The first-order valence-corrected chi connectivity index (χ1v) is 8.86. The van der Waals surface area contributed by atoms with E-state index in [-0.39, 0.29) is 24.8 Å². The maximum atomic E-state index is 13.1. The van der Waals surface area contributed by atoms with Crippen LogP contribution in [0.25, 0.3) is 0 Å². The van der Waals surface area contributed by atoms with Gasteiger partial charge >= 0.3 is 5.97 Å². The zero-order chi connectivity index (χ0) is 20.3. The van der Waals surface area contributed by atoms with Gasteiger partial charge in [0.25, 0.3) is 5.91 Å². The van der Waals surface area contributed by atoms with Crippen molar-refractivity contribution in [3.8, 4) is 17.2 Å². The number of esters is 1. The van der Waals surface area contributed by atoms with Gasteiger partial charge in [-0.05, 0) is 19.1 Å². The Morgan fingerprint density at radius 1 is 1.14 bits per heavy atom. The zero-order valence-electron chi connectivity index (χ0n) is 16.3. The van der Waals surface area contributed by atoms with E-state index in [1.165, 1.54) is 21.3 Å². The lowest BCUT2D eigenvalue weighted by Crippen LogP contribution is -2.36. The molecule has 28 heavy (non-hydrogen) atoms. The molecule has 2 aromatic rings. The number of amides is 1. The predicted molar refractivity (Wildman–Crippen MR) is 99.1 cm³/mol. The minimum absolute atomic E-state index is 0.207. The van der Waals surface area contributed by atoms with Crippen molar-refractivity contribution in [1.82, 2.24) is 15.1 Å². The third kappa shape index (κ3) is 3.47. The van der Waals surface area contributed by atoms with Gasteiger partial charge in [-0.2, -0.15) is 5.10 Å². The van der Waals surface area contributed by atoms with Gasteiger partial charge in [0, 0.05) is 29.8 Å². The van der Waals surface area contributed by atoms with Crippen molar-refractivity contribution in [3.05, 3.63) is 34.6 Å². The van der Waals surface area contributed by atoms with Crippen molar-refractivity contribution in [2.75, 3.05) is 34.5 Å². The molecule has 0 fully saturated rings. The molecule has 0 spiro atoms. The van der Waals surface area contributed by atoms with Crippen LogP contribution >= 0.6 is 0 Å². The number of methoxy groups -OCH3 is 3. The van der Waals surface area contributed by atoms with E-state index in [0.29, 0.717) is 41.3 Å². The smallest absolute Gasteiger partial charge is 0.359 e. The average Bonchev–Trinajstić information content (AvgIpc) is 3.15. The summed E-state index contributed by atoms with van der Waals surface area (Å²) in [4.78, 5) is 26.9. The van der Waals surface area contributed by atoms with Gasteiger partial charge in [0.2, 0.25) is 5.75 Å². The van der Waals surface area contributed by atoms with Crippen molar-refractivity contribution in [3.63, 3.8) is 0 Å². The molecule has 0 saturated carbocycles. The summed E-state index contributed by atoms with van der Waals surface area (Å²) in [5.74, 6) is 0.516.